The van der Waals surface area contributed by atoms with Crippen LogP contribution in [0.3, 0.4) is 0 Å². The van der Waals surface area contributed by atoms with Crippen LogP contribution in [0.2, 0.25) is 0 Å². The first-order valence-electron chi connectivity index (χ1n) is 4.81. The fourth-order valence-electron chi connectivity index (χ4n) is 2.21. The molecule has 2 unspecified atom stereocenters. The van der Waals surface area contributed by atoms with Gasteiger partial charge in [0.15, 0.2) is 0 Å². The van der Waals surface area contributed by atoms with Gasteiger partial charge in [-0.2, -0.15) is 3.89 Å². The summed E-state index contributed by atoms with van der Waals surface area (Å²) in [5.41, 5.74) is 5.24. The van der Waals surface area contributed by atoms with Gasteiger partial charge < -0.3 is 10.8 Å². The Hall–Kier alpha value is -0.290. The molecule has 0 radical (unpaired) electrons. The molecule has 82 valence electrons. The molecule has 0 aliphatic heterocycles. The molecule has 2 atom stereocenters. The maximum Gasteiger partial charge on any atom is 0.303 e. The number of rotatable bonds is 4. The van der Waals surface area contributed by atoms with Gasteiger partial charge in [-0.05, 0) is 31.2 Å². The molecule has 3 N–H and O–H groups in total. The molecule has 0 heterocycles. The van der Waals surface area contributed by atoms with Crippen LogP contribution in [0.4, 0.5) is 3.89 Å². The van der Waals surface area contributed by atoms with Crippen molar-refractivity contribution in [2.45, 2.75) is 37.4 Å². The van der Waals surface area contributed by atoms with E-state index in [1.165, 1.54) is 0 Å². The molecule has 0 aromatic carbocycles. The molecule has 0 aromatic heterocycles. The van der Waals surface area contributed by atoms with Crippen molar-refractivity contribution in [1.82, 2.24) is 0 Å². The minimum absolute atomic E-state index is 0.0633. The molecule has 1 fully saturated rings. The Kier molecular flexibility index (Phi) is 4.19. The van der Waals surface area contributed by atoms with Crippen molar-refractivity contribution < 1.29 is 13.8 Å². The van der Waals surface area contributed by atoms with Crippen LogP contribution >= 0.6 is 12.1 Å². The summed E-state index contributed by atoms with van der Waals surface area (Å²) >= 11 is 0.342. The molecular formula is C9H16FNO2S. The number of hydrogen-bond donors (Lipinski definition) is 2. The second kappa shape index (κ2) is 4.98. The van der Waals surface area contributed by atoms with Crippen molar-refractivity contribution in [3.63, 3.8) is 0 Å². The maximum atomic E-state index is 12.4. The van der Waals surface area contributed by atoms with Crippen LogP contribution in [0.1, 0.15) is 32.1 Å². The summed E-state index contributed by atoms with van der Waals surface area (Å²) in [6, 6.07) is 0. The van der Waals surface area contributed by atoms with Gasteiger partial charge in [0, 0.05) is 17.4 Å². The van der Waals surface area contributed by atoms with Crippen LogP contribution in [-0.2, 0) is 4.79 Å². The minimum Gasteiger partial charge on any atom is -0.481 e. The molecule has 1 saturated carbocycles. The van der Waals surface area contributed by atoms with E-state index in [-0.39, 0.29) is 17.1 Å². The van der Waals surface area contributed by atoms with Gasteiger partial charge in [0.1, 0.15) is 0 Å². The van der Waals surface area contributed by atoms with E-state index < -0.39 is 5.97 Å². The Bertz CT molecular complexity index is 215. The molecule has 14 heavy (non-hydrogen) atoms. The molecule has 5 heteroatoms. The van der Waals surface area contributed by atoms with Gasteiger partial charge in [0.2, 0.25) is 0 Å². The minimum atomic E-state index is -0.833. The maximum absolute atomic E-state index is 12.4. The first kappa shape index (κ1) is 11.8. The zero-order chi connectivity index (χ0) is 10.6. The van der Waals surface area contributed by atoms with E-state index in [1.54, 1.807) is 0 Å². The summed E-state index contributed by atoms with van der Waals surface area (Å²) in [5.74, 6) is -0.833. The molecule has 0 amide bonds. The number of halogens is 1. The lowest BCUT2D eigenvalue weighted by molar-refractivity contribution is -0.140. The van der Waals surface area contributed by atoms with Crippen LogP contribution in [0.15, 0.2) is 0 Å². The molecular weight excluding hydrogens is 205 g/mol. The third-order valence-corrected chi connectivity index (χ3v) is 3.63. The van der Waals surface area contributed by atoms with Gasteiger partial charge >= 0.3 is 5.97 Å². The number of carboxylic acid groups (broad SMARTS) is 1. The summed E-state index contributed by atoms with van der Waals surface area (Å²) < 4.78 is 12.4. The summed E-state index contributed by atoms with van der Waals surface area (Å²) in [6.45, 7) is 0.344. The summed E-state index contributed by atoms with van der Waals surface area (Å²) in [5, 5.41) is 8.70. The Morgan fingerprint density at radius 1 is 1.71 bits per heavy atom. The lowest BCUT2D eigenvalue weighted by Gasteiger charge is -2.37. The van der Waals surface area contributed by atoms with Gasteiger partial charge in [-0.3, -0.25) is 4.79 Å². The third kappa shape index (κ3) is 2.85. The van der Waals surface area contributed by atoms with Crippen molar-refractivity contribution in [2.24, 2.45) is 11.1 Å². The molecule has 1 aliphatic rings. The largest absolute Gasteiger partial charge is 0.481 e. The fraction of sp³-hybridized carbons (Fsp3) is 0.889. The molecule has 0 spiro atoms. The zero-order valence-corrected chi connectivity index (χ0v) is 8.86. The quantitative estimate of drug-likeness (QED) is 0.761. The van der Waals surface area contributed by atoms with Crippen LogP contribution in [-0.4, -0.2) is 22.9 Å². The first-order valence-corrected chi connectivity index (χ1v) is 5.59. The van der Waals surface area contributed by atoms with E-state index in [0.717, 1.165) is 19.3 Å². The van der Waals surface area contributed by atoms with Crippen molar-refractivity contribution >= 4 is 18.1 Å². The molecule has 1 rings (SSSR count). The smallest absolute Gasteiger partial charge is 0.303 e. The monoisotopic (exact) mass is 221 g/mol. The average molecular weight is 221 g/mol. The number of nitrogens with two attached hydrogens (primary N) is 1. The third-order valence-electron chi connectivity index (χ3n) is 2.98. The van der Waals surface area contributed by atoms with Crippen molar-refractivity contribution in [2.75, 3.05) is 6.54 Å². The fourth-order valence-corrected chi connectivity index (χ4v) is 2.88. The van der Waals surface area contributed by atoms with Gasteiger partial charge in [0.25, 0.3) is 0 Å². The Balaban J connectivity index is 2.62. The van der Waals surface area contributed by atoms with Gasteiger partial charge in [-0.1, -0.05) is 6.42 Å². The van der Waals surface area contributed by atoms with E-state index >= 15 is 0 Å². The number of hydrogen-bond acceptors (Lipinski definition) is 3. The van der Waals surface area contributed by atoms with Gasteiger partial charge in [-0.25, -0.2) is 0 Å². The van der Waals surface area contributed by atoms with Crippen molar-refractivity contribution in [1.29, 1.82) is 0 Å². The van der Waals surface area contributed by atoms with E-state index in [4.69, 9.17) is 10.8 Å². The topological polar surface area (TPSA) is 63.3 Å². The summed E-state index contributed by atoms with van der Waals surface area (Å²) in [4.78, 5) is 10.7. The Morgan fingerprint density at radius 2 is 2.43 bits per heavy atom. The van der Waals surface area contributed by atoms with E-state index in [1.807, 2.05) is 0 Å². The standard InChI is InChI=1S/C9H16FNO2S/c10-14-7-2-1-3-9(4-7,6-11)5-8(12)13/h7H,1-6,11H2,(H,12,13). The lowest BCUT2D eigenvalue weighted by atomic mass is 9.71. The van der Waals surface area contributed by atoms with Gasteiger partial charge in [-0.15, -0.1) is 0 Å². The normalized spacial score (nSPS) is 32.9. The van der Waals surface area contributed by atoms with Crippen molar-refractivity contribution in [3.05, 3.63) is 0 Å². The number of aliphatic carboxylic acids is 1. The number of carbonyl (C=O) groups is 1. The number of carboxylic acids is 1. The average Bonchev–Trinajstić information content (AvgIpc) is 2.17. The van der Waals surface area contributed by atoms with Crippen LogP contribution < -0.4 is 5.73 Å². The molecule has 1 aliphatic carbocycles. The predicted molar refractivity (Wildman–Crippen MR) is 54.7 cm³/mol. The SMILES string of the molecule is NCC1(CC(=O)O)CCCC(SF)C1. The van der Waals surface area contributed by atoms with E-state index in [0.29, 0.717) is 25.1 Å². The highest BCUT2D eigenvalue weighted by Gasteiger charge is 2.37. The second-order valence-electron chi connectivity index (χ2n) is 4.08. The molecule has 3 nitrogen and oxygen atoms in total. The molecule has 0 bridgehead atoms. The molecule has 0 saturated heterocycles. The predicted octanol–water partition coefficient (Wildman–Crippen LogP) is 1.97. The Labute approximate surface area is 87.5 Å². The van der Waals surface area contributed by atoms with E-state index in [2.05, 4.69) is 0 Å². The van der Waals surface area contributed by atoms with Crippen LogP contribution in [0.25, 0.3) is 0 Å². The highest BCUT2D eigenvalue weighted by molar-refractivity contribution is 7.94. The summed E-state index contributed by atoms with van der Waals surface area (Å²) in [6.07, 6.45) is 3.19. The van der Waals surface area contributed by atoms with E-state index in [9.17, 15) is 8.68 Å². The van der Waals surface area contributed by atoms with Crippen molar-refractivity contribution in [3.8, 4) is 0 Å². The zero-order valence-electron chi connectivity index (χ0n) is 8.04. The van der Waals surface area contributed by atoms with Crippen LogP contribution in [0, 0.1) is 5.41 Å². The Morgan fingerprint density at radius 3 is 2.93 bits per heavy atom. The van der Waals surface area contributed by atoms with Gasteiger partial charge in [0.05, 0.1) is 6.42 Å². The summed E-state index contributed by atoms with van der Waals surface area (Å²) in [7, 11) is 0. The second-order valence-corrected chi connectivity index (χ2v) is 4.93. The first-order chi connectivity index (χ1) is 6.62. The molecule has 0 aromatic rings. The van der Waals surface area contributed by atoms with Crippen LogP contribution in [0.5, 0.6) is 0 Å². The highest BCUT2D eigenvalue weighted by atomic mass is 32.2. The highest BCUT2D eigenvalue weighted by Crippen LogP contribution is 2.42. The lowest BCUT2D eigenvalue weighted by Crippen LogP contribution is -2.38.